The molecule has 12 aliphatic carbocycles. The van der Waals surface area contributed by atoms with Gasteiger partial charge in [-0.1, -0.05) is 170 Å². The average Bonchev–Trinajstić information content (AvgIpc) is 3.82. The van der Waals surface area contributed by atoms with E-state index < -0.39 is 0 Å². The van der Waals surface area contributed by atoms with Crippen LogP contribution in [0.1, 0.15) is 369 Å². The summed E-state index contributed by atoms with van der Waals surface area (Å²) in [4.78, 5) is 0. The van der Waals surface area contributed by atoms with Crippen LogP contribution in [0.5, 0.6) is 0 Å². The van der Waals surface area contributed by atoms with E-state index in [0.717, 1.165) is 68.0 Å². The largest absolute Gasteiger partial charge is 0.0599 e. The first-order valence-corrected chi connectivity index (χ1v) is 34.1. The Morgan fingerprint density at radius 2 is 0.486 bits per heavy atom. The number of rotatable bonds is 0. The molecule has 0 saturated heterocycles. The summed E-state index contributed by atoms with van der Waals surface area (Å²) in [5.41, 5.74) is 8.49. The van der Waals surface area contributed by atoms with Crippen LogP contribution in [0.3, 0.4) is 0 Å². The van der Waals surface area contributed by atoms with Crippen molar-refractivity contribution in [2.45, 2.75) is 369 Å². The maximum atomic E-state index is 2.42. The van der Waals surface area contributed by atoms with E-state index >= 15 is 0 Å². The molecule has 12 saturated carbocycles. The fraction of sp³-hybridized carbons (Fsp3) is 1.00. The molecule has 0 aromatic heterocycles. The van der Waals surface area contributed by atoms with Crippen molar-refractivity contribution in [3.63, 3.8) is 0 Å². The first-order chi connectivity index (χ1) is 34.1. The highest BCUT2D eigenvalue weighted by molar-refractivity contribution is 5.06. The van der Waals surface area contributed by atoms with Crippen LogP contribution in [-0.4, -0.2) is 0 Å². The molecule has 12 fully saturated rings. The van der Waals surface area contributed by atoms with Crippen LogP contribution in [0.25, 0.3) is 0 Å². The maximum absolute atomic E-state index is 2.42. The Morgan fingerprint density at radius 1 is 0.203 bits per heavy atom. The zero-order valence-corrected chi connectivity index (χ0v) is 54.3. The predicted molar refractivity (Wildman–Crippen MR) is 328 cm³/mol. The molecule has 432 valence electrons. The van der Waals surface area contributed by atoms with E-state index in [1.54, 1.807) is 64.2 Å². The molecule has 0 aromatic rings. The molecule has 0 bridgehead atoms. The lowest BCUT2D eigenvalue weighted by atomic mass is 9.47. The molecule has 0 N–H and O–H groups in total. The highest BCUT2D eigenvalue weighted by Gasteiger charge is 2.55. The molecular formula is C74H136. The summed E-state index contributed by atoms with van der Waals surface area (Å²) in [5.74, 6) is 6.07. The maximum Gasteiger partial charge on any atom is -0.0264 e. The molecule has 2 unspecified atom stereocenters. The Bertz CT molecular complexity index is 1660. The number of hydrogen-bond donors (Lipinski definition) is 0. The summed E-state index contributed by atoms with van der Waals surface area (Å²) in [6.45, 7) is 43.4. The molecule has 0 heterocycles. The van der Waals surface area contributed by atoms with Gasteiger partial charge in [-0.3, -0.25) is 0 Å². The van der Waals surface area contributed by atoms with E-state index in [-0.39, 0.29) is 0 Å². The standard InChI is InChI=1S/C14H26.2C13H24.C12H22.2C11H20/c1-13(2,3)12-6-10-14(11-7-12)8-4-5-9-14;1-12(2,3)11-5-9-13(10-6-11)7-4-8-13;1-12(2,3)11-6-9-13(10-11)7-4-5-8-13;1-11(2,3)10-4-6-12(7-5-10)8-9-12;1-10(2,3)9-7-11(8-9)5-4-6-11;1-10(2,3)9-5-4-6-11(9)7-8-11/h12H,4-11H2,1-3H3;2*11H,4-10H2,1-3H3;10H,4-9H2,1-3H3;2*9H,4-8H2,1-3H3. The van der Waals surface area contributed by atoms with E-state index in [1.165, 1.54) is 180 Å². The van der Waals surface area contributed by atoms with E-state index in [2.05, 4.69) is 125 Å². The second kappa shape index (κ2) is 23.1. The van der Waals surface area contributed by atoms with Crippen LogP contribution in [0.15, 0.2) is 0 Å². The van der Waals surface area contributed by atoms with Crippen molar-refractivity contribution in [3.05, 3.63) is 0 Å². The van der Waals surface area contributed by atoms with Gasteiger partial charge in [-0.15, -0.1) is 0 Å². The summed E-state index contributed by atoms with van der Waals surface area (Å²) in [5, 5.41) is 0. The van der Waals surface area contributed by atoms with Crippen molar-refractivity contribution < 1.29 is 0 Å². The van der Waals surface area contributed by atoms with E-state index in [4.69, 9.17) is 0 Å². The van der Waals surface area contributed by atoms with Crippen molar-refractivity contribution in [3.8, 4) is 0 Å². The molecular weight excluding hydrogens is 889 g/mol. The monoisotopic (exact) mass is 1030 g/mol. The Labute approximate surface area is 466 Å². The zero-order chi connectivity index (χ0) is 54.3. The van der Waals surface area contributed by atoms with Gasteiger partial charge < -0.3 is 0 Å². The summed E-state index contributed by atoms with van der Waals surface area (Å²) in [7, 11) is 0. The lowest BCUT2D eigenvalue weighted by molar-refractivity contribution is -0.0700. The molecule has 12 rings (SSSR count). The Hall–Kier alpha value is 0. The van der Waals surface area contributed by atoms with Crippen LogP contribution in [0, 0.1) is 100 Å². The third kappa shape index (κ3) is 16.1. The van der Waals surface area contributed by atoms with Gasteiger partial charge in [0.05, 0.1) is 0 Å². The minimum absolute atomic E-state index is 0.556. The van der Waals surface area contributed by atoms with Crippen molar-refractivity contribution >= 4 is 0 Å². The smallest absolute Gasteiger partial charge is 0.0264 e. The molecule has 12 aliphatic rings. The Morgan fingerprint density at radius 3 is 0.743 bits per heavy atom. The van der Waals surface area contributed by atoms with Gasteiger partial charge in [0.15, 0.2) is 0 Å². The Balaban J connectivity index is 0.000000130. The molecule has 74 heavy (non-hydrogen) atoms. The van der Waals surface area contributed by atoms with Gasteiger partial charge in [-0.25, -0.2) is 0 Å². The predicted octanol–water partition coefficient (Wildman–Crippen LogP) is 24.8. The van der Waals surface area contributed by atoms with Gasteiger partial charge in [0.2, 0.25) is 0 Å². The van der Waals surface area contributed by atoms with E-state index in [0.29, 0.717) is 32.5 Å². The van der Waals surface area contributed by atoms with Gasteiger partial charge in [-0.2, -0.15) is 0 Å². The highest BCUT2D eigenvalue weighted by Crippen LogP contribution is 2.66. The van der Waals surface area contributed by atoms with Crippen molar-refractivity contribution in [1.29, 1.82) is 0 Å². The van der Waals surface area contributed by atoms with Crippen LogP contribution in [0.4, 0.5) is 0 Å². The summed E-state index contributed by atoms with van der Waals surface area (Å²) >= 11 is 0. The van der Waals surface area contributed by atoms with Crippen molar-refractivity contribution in [1.82, 2.24) is 0 Å². The fourth-order valence-electron chi connectivity index (χ4n) is 19.2. The van der Waals surface area contributed by atoms with Gasteiger partial charge >= 0.3 is 0 Å². The quantitative estimate of drug-likeness (QED) is 0.227. The zero-order valence-electron chi connectivity index (χ0n) is 54.3. The SMILES string of the molecule is CC(C)(C)C1CC2(CCC2)C1.CC(C)(C)C1CCC2(CC1)CC2.CC(C)(C)C1CCC2(CCC2)CC1.CC(C)(C)C1CCC2(CCCC2)C1.CC(C)(C)C1CCC2(CCCC2)CC1.CC(C)(C)C1CCCC12CC2. The number of hydrogen-bond acceptors (Lipinski definition) is 0. The molecule has 6 spiro atoms. The minimum Gasteiger partial charge on any atom is -0.0599 e. The molecule has 0 amide bonds. The van der Waals surface area contributed by atoms with Gasteiger partial charge in [-0.05, 0) is 300 Å². The third-order valence-corrected chi connectivity index (χ3v) is 26.3. The topological polar surface area (TPSA) is 0 Å². The summed E-state index contributed by atoms with van der Waals surface area (Å²) in [6.07, 6.45) is 58.0. The average molecular weight is 1030 g/mol. The minimum atomic E-state index is 0.556. The first-order valence-electron chi connectivity index (χ1n) is 34.1. The molecule has 0 heteroatoms. The Kier molecular flexibility index (Phi) is 19.2. The summed E-state index contributed by atoms with van der Waals surface area (Å²) in [6, 6.07) is 0. The highest BCUT2D eigenvalue weighted by atomic mass is 14.6. The van der Waals surface area contributed by atoms with Gasteiger partial charge in [0, 0.05) is 0 Å². The van der Waals surface area contributed by atoms with Crippen LogP contribution >= 0.6 is 0 Å². The van der Waals surface area contributed by atoms with Crippen LogP contribution in [-0.2, 0) is 0 Å². The van der Waals surface area contributed by atoms with Crippen LogP contribution < -0.4 is 0 Å². The van der Waals surface area contributed by atoms with Gasteiger partial charge in [0.25, 0.3) is 0 Å². The second-order valence-corrected chi connectivity index (χ2v) is 37.5. The molecule has 0 aliphatic heterocycles. The summed E-state index contributed by atoms with van der Waals surface area (Å²) < 4.78 is 0. The second-order valence-electron chi connectivity index (χ2n) is 37.5. The molecule has 0 aromatic carbocycles. The third-order valence-electron chi connectivity index (χ3n) is 26.3. The van der Waals surface area contributed by atoms with Crippen molar-refractivity contribution in [2.24, 2.45) is 100 Å². The van der Waals surface area contributed by atoms with Gasteiger partial charge in [0.1, 0.15) is 0 Å². The lowest BCUT2D eigenvalue weighted by Gasteiger charge is -2.58. The van der Waals surface area contributed by atoms with Crippen LogP contribution in [0.2, 0.25) is 0 Å². The first kappa shape index (κ1) is 61.6. The van der Waals surface area contributed by atoms with Crippen molar-refractivity contribution in [2.75, 3.05) is 0 Å². The molecule has 0 nitrogen and oxygen atoms in total. The molecule has 0 radical (unpaired) electrons. The van der Waals surface area contributed by atoms with E-state index in [1.807, 2.05) is 0 Å². The fourth-order valence-corrected chi connectivity index (χ4v) is 19.2. The normalized spacial score (nSPS) is 32.8. The lowest BCUT2D eigenvalue weighted by Crippen LogP contribution is -2.47. The molecule has 2 atom stereocenters. The van der Waals surface area contributed by atoms with E-state index in [9.17, 15) is 0 Å².